The minimum atomic E-state index is -0.671. The molecule has 0 N–H and O–H groups in total. The lowest BCUT2D eigenvalue weighted by molar-refractivity contribution is -0.141. The van der Waals surface area contributed by atoms with Gasteiger partial charge in [-0.25, -0.2) is 9.79 Å². The molecule has 0 aliphatic carbocycles. The van der Waals surface area contributed by atoms with E-state index in [0.29, 0.717) is 41.2 Å². The average Bonchev–Trinajstić information content (AvgIpc) is 3.11. The average molecular weight is 481 g/mol. The van der Waals surface area contributed by atoms with Crippen molar-refractivity contribution in [2.24, 2.45) is 4.99 Å². The van der Waals surface area contributed by atoms with Crippen LogP contribution in [0.4, 0.5) is 0 Å². The van der Waals surface area contributed by atoms with E-state index in [9.17, 15) is 9.59 Å². The molecular formula is C26H28N2O5S. The Hall–Kier alpha value is -3.26. The number of carbonyl (C=O) groups is 2. The molecule has 4 rings (SSSR count). The van der Waals surface area contributed by atoms with Crippen molar-refractivity contribution < 1.29 is 23.8 Å². The Morgan fingerprint density at radius 2 is 1.76 bits per heavy atom. The van der Waals surface area contributed by atoms with Crippen LogP contribution in [-0.2, 0) is 20.9 Å². The number of rotatable bonds is 8. The van der Waals surface area contributed by atoms with Crippen molar-refractivity contribution in [3.8, 4) is 11.5 Å². The first kappa shape index (κ1) is 23.9. The Labute approximate surface area is 203 Å². The van der Waals surface area contributed by atoms with Crippen molar-refractivity contribution in [2.45, 2.75) is 45.6 Å². The fourth-order valence-corrected chi connectivity index (χ4v) is 5.05. The highest BCUT2D eigenvalue weighted by Crippen LogP contribution is 2.45. The molecule has 2 atom stereocenters. The highest BCUT2D eigenvalue weighted by Gasteiger charge is 2.46. The quantitative estimate of drug-likeness (QED) is 0.502. The minimum Gasteiger partial charge on any atom is -0.490 e. The van der Waals surface area contributed by atoms with Crippen LogP contribution in [0.3, 0.4) is 0 Å². The summed E-state index contributed by atoms with van der Waals surface area (Å²) in [6, 6.07) is 14.3. The van der Waals surface area contributed by atoms with Crippen molar-refractivity contribution in [1.82, 2.24) is 4.90 Å². The molecule has 1 fully saturated rings. The monoisotopic (exact) mass is 480 g/mol. The second kappa shape index (κ2) is 10.3. The van der Waals surface area contributed by atoms with E-state index in [-0.39, 0.29) is 17.8 Å². The van der Waals surface area contributed by atoms with Gasteiger partial charge in [0, 0.05) is 0 Å². The normalized spacial score (nSPS) is 19.6. The third-order valence-corrected chi connectivity index (χ3v) is 6.63. The third kappa shape index (κ3) is 4.68. The standard InChI is InChI=1S/C26H28N2O5S/c1-5-31-20-13-12-19(14-21(20)32-6-2)23-22(25(30)33-15-18-10-8-7-9-11-18)16(3)27-26-28(23)24(29)17(4)34-26/h7-14,17,23H,5-6,15H2,1-4H3/t17-,23+/m0/s1. The summed E-state index contributed by atoms with van der Waals surface area (Å²) in [6.45, 7) is 8.51. The summed E-state index contributed by atoms with van der Waals surface area (Å²) >= 11 is 1.39. The molecule has 2 aromatic rings. The van der Waals surface area contributed by atoms with E-state index in [1.54, 1.807) is 11.8 Å². The Bertz CT molecular complexity index is 1150. The maximum absolute atomic E-state index is 13.4. The van der Waals surface area contributed by atoms with Crippen LogP contribution in [-0.4, -0.2) is 40.4 Å². The lowest BCUT2D eigenvalue weighted by Crippen LogP contribution is -2.40. The number of esters is 1. The van der Waals surface area contributed by atoms with Gasteiger partial charge in [0.05, 0.1) is 35.8 Å². The first-order chi connectivity index (χ1) is 16.4. The Balaban J connectivity index is 1.74. The predicted octanol–water partition coefficient (Wildman–Crippen LogP) is 4.88. The number of allylic oxidation sites excluding steroid dienone is 1. The number of amidine groups is 1. The Kier molecular flexibility index (Phi) is 7.26. The molecule has 34 heavy (non-hydrogen) atoms. The molecule has 0 aromatic heterocycles. The highest BCUT2D eigenvalue weighted by atomic mass is 32.2. The van der Waals surface area contributed by atoms with Gasteiger partial charge in [-0.15, -0.1) is 0 Å². The van der Waals surface area contributed by atoms with Crippen LogP contribution in [0.25, 0.3) is 0 Å². The van der Waals surface area contributed by atoms with E-state index in [1.807, 2.05) is 69.3 Å². The molecule has 2 heterocycles. The maximum atomic E-state index is 13.4. The van der Waals surface area contributed by atoms with Gasteiger partial charge in [0.15, 0.2) is 16.7 Å². The zero-order valence-corrected chi connectivity index (χ0v) is 20.6. The van der Waals surface area contributed by atoms with E-state index in [0.717, 1.165) is 11.1 Å². The number of aliphatic imine (C=N–C) groups is 1. The van der Waals surface area contributed by atoms with Crippen molar-refractivity contribution in [3.63, 3.8) is 0 Å². The molecule has 0 saturated carbocycles. The number of thioether (sulfide) groups is 1. The van der Waals surface area contributed by atoms with Crippen LogP contribution in [0.1, 0.15) is 44.9 Å². The molecular weight excluding hydrogens is 452 g/mol. The molecule has 0 spiro atoms. The molecule has 1 saturated heterocycles. The van der Waals surface area contributed by atoms with E-state index < -0.39 is 12.0 Å². The van der Waals surface area contributed by atoms with Gasteiger partial charge in [0.1, 0.15) is 6.61 Å². The summed E-state index contributed by atoms with van der Waals surface area (Å²) in [4.78, 5) is 32.7. The number of ether oxygens (including phenoxy) is 3. The number of benzene rings is 2. The maximum Gasteiger partial charge on any atom is 0.338 e. The smallest absolute Gasteiger partial charge is 0.338 e. The third-order valence-electron chi connectivity index (χ3n) is 5.57. The van der Waals surface area contributed by atoms with E-state index in [2.05, 4.69) is 4.99 Å². The molecule has 178 valence electrons. The fraction of sp³-hybridized carbons (Fsp3) is 0.346. The number of amides is 1. The first-order valence-electron chi connectivity index (χ1n) is 11.3. The predicted molar refractivity (Wildman–Crippen MR) is 132 cm³/mol. The van der Waals surface area contributed by atoms with Crippen LogP contribution >= 0.6 is 11.8 Å². The summed E-state index contributed by atoms with van der Waals surface area (Å²) in [7, 11) is 0. The first-order valence-corrected chi connectivity index (χ1v) is 12.2. The molecule has 2 aromatic carbocycles. The van der Waals surface area contributed by atoms with E-state index in [1.165, 1.54) is 11.8 Å². The van der Waals surface area contributed by atoms with Gasteiger partial charge in [-0.05, 0) is 51.0 Å². The molecule has 2 aliphatic heterocycles. The van der Waals surface area contributed by atoms with Crippen molar-refractivity contribution in [2.75, 3.05) is 13.2 Å². The van der Waals surface area contributed by atoms with Crippen LogP contribution in [0.15, 0.2) is 64.8 Å². The second-order valence-corrected chi connectivity index (χ2v) is 9.21. The van der Waals surface area contributed by atoms with E-state index >= 15 is 0 Å². The van der Waals surface area contributed by atoms with Gasteiger partial charge in [0.2, 0.25) is 5.91 Å². The van der Waals surface area contributed by atoms with Gasteiger partial charge < -0.3 is 14.2 Å². The summed E-state index contributed by atoms with van der Waals surface area (Å²) in [5, 5.41) is 0.300. The Morgan fingerprint density at radius 3 is 2.47 bits per heavy atom. The molecule has 8 heteroatoms. The van der Waals surface area contributed by atoms with Crippen molar-refractivity contribution in [1.29, 1.82) is 0 Å². The van der Waals surface area contributed by atoms with Gasteiger partial charge in [0.25, 0.3) is 0 Å². The van der Waals surface area contributed by atoms with Crippen LogP contribution < -0.4 is 9.47 Å². The largest absolute Gasteiger partial charge is 0.490 e. The second-order valence-electron chi connectivity index (χ2n) is 7.90. The van der Waals surface area contributed by atoms with Crippen LogP contribution in [0, 0.1) is 0 Å². The van der Waals surface area contributed by atoms with Gasteiger partial charge in [-0.1, -0.05) is 48.2 Å². The summed E-state index contributed by atoms with van der Waals surface area (Å²) < 4.78 is 17.2. The summed E-state index contributed by atoms with van der Waals surface area (Å²) in [5.74, 6) is 0.579. The fourth-order valence-electron chi connectivity index (χ4n) is 4.02. The zero-order chi connectivity index (χ0) is 24.2. The lowest BCUT2D eigenvalue weighted by atomic mass is 9.94. The molecule has 1 amide bonds. The minimum absolute atomic E-state index is 0.0959. The molecule has 0 unspecified atom stereocenters. The van der Waals surface area contributed by atoms with Crippen molar-refractivity contribution in [3.05, 3.63) is 70.9 Å². The highest BCUT2D eigenvalue weighted by molar-refractivity contribution is 8.15. The molecule has 0 radical (unpaired) electrons. The van der Waals surface area contributed by atoms with Crippen LogP contribution in [0.2, 0.25) is 0 Å². The summed E-state index contributed by atoms with van der Waals surface area (Å²) in [6.07, 6.45) is 0. The van der Waals surface area contributed by atoms with Crippen molar-refractivity contribution >= 4 is 28.8 Å². The number of hydrogen-bond donors (Lipinski definition) is 0. The van der Waals surface area contributed by atoms with E-state index in [4.69, 9.17) is 14.2 Å². The van der Waals surface area contributed by atoms with Gasteiger partial charge in [-0.3, -0.25) is 9.69 Å². The molecule has 0 bridgehead atoms. The molecule has 7 nitrogen and oxygen atoms in total. The molecule has 2 aliphatic rings. The number of fused-ring (bicyclic) bond motifs is 1. The zero-order valence-electron chi connectivity index (χ0n) is 19.7. The topological polar surface area (TPSA) is 77.4 Å². The number of nitrogens with zero attached hydrogens (tertiary/aromatic N) is 2. The lowest BCUT2D eigenvalue weighted by Gasteiger charge is -2.33. The number of carbonyl (C=O) groups excluding carboxylic acids is 2. The van der Waals surface area contributed by atoms with Gasteiger partial charge >= 0.3 is 5.97 Å². The summed E-state index contributed by atoms with van der Waals surface area (Å²) in [5.41, 5.74) is 2.49. The van der Waals surface area contributed by atoms with Gasteiger partial charge in [-0.2, -0.15) is 0 Å². The number of hydrogen-bond acceptors (Lipinski definition) is 7. The van der Waals surface area contributed by atoms with Crippen LogP contribution in [0.5, 0.6) is 11.5 Å². The SMILES string of the molecule is CCOc1ccc([C@@H]2C(C(=O)OCc3ccccc3)=C(C)N=C3S[C@@H](C)C(=O)N32)cc1OCC. The Morgan fingerprint density at radius 1 is 1.06 bits per heavy atom.